The lowest BCUT2D eigenvalue weighted by molar-refractivity contribution is 0.481. The Kier molecular flexibility index (Phi) is 4.33. The Morgan fingerprint density at radius 3 is 2.37 bits per heavy atom. The van der Waals surface area contributed by atoms with E-state index in [-0.39, 0.29) is 17.1 Å². The van der Waals surface area contributed by atoms with Crippen molar-refractivity contribution in [2.45, 2.75) is 9.79 Å². The number of thiol groups is 2. The lowest BCUT2D eigenvalue weighted by atomic mass is 10.1. The van der Waals surface area contributed by atoms with Gasteiger partial charge >= 0.3 is 0 Å². The molecule has 0 aromatic heterocycles. The van der Waals surface area contributed by atoms with Gasteiger partial charge in [0.15, 0.2) is 5.75 Å². The minimum atomic E-state index is -0.124. The van der Waals surface area contributed by atoms with Crippen LogP contribution in [0.15, 0.2) is 74.6 Å². The molecule has 0 radical (unpaired) electrons. The fraction of sp³-hybridized carbons (Fsp3) is 0. The summed E-state index contributed by atoms with van der Waals surface area (Å²) in [5, 5.41) is 22.4. The molecule has 0 aliphatic heterocycles. The molecule has 0 heterocycles. The third-order valence-electron chi connectivity index (χ3n) is 4.43. The topological polar surface area (TPSA) is 97.0 Å². The molecule has 0 amide bonds. The second-order valence-electron chi connectivity index (χ2n) is 6.11. The molecule has 0 saturated carbocycles. The molecule has 0 fully saturated rings. The fourth-order valence-corrected chi connectivity index (χ4v) is 3.66. The average Bonchev–Trinajstić information content (AvgIpc) is 2.66. The van der Waals surface area contributed by atoms with Gasteiger partial charge in [-0.15, -0.1) is 35.5 Å². The lowest BCUT2D eigenvalue weighted by Crippen LogP contribution is -1.96. The van der Waals surface area contributed by atoms with Crippen LogP contribution in [0.2, 0.25) is 0 Å². The summed E-state index contributed by atoms with van der Waals surface area (Å²) in [6, 6.07) is 17.0. The minimum absolute atomic E-state index is 0.124. The zero-order valence-electron chi connectivity index (χ0n) is 14.1. The van der Waals surface area contributed by atoms with Crippen molar-refractivity contribution in [3.8, 4) is 5.75 Å². The summed E-state index contributed by atoms with van der Waals surface area (Å²) >= 11 is 8.86. The second-order valence-corrected chi connectivity index (χ2v) is 7.08. The SMILES string of the molecule is Nc1cc(S)c2cc(S)c(N=Nc3cccc4ccccc34)c(O)c2c1N. The third-order valence-corrected chi connectivity index (χ3v) is 5.14. The van der Waals surface area contributed by atoms with Crippen molar-refractivity contribution in [1.29, 1.82) is 0 Å². The zero-order valence-corrected chi connectivity index (χ0v) is 15.9. The average molecular weight is 393 g/mol. The van der Waals surface area contributed by atoms with E-state index in [0.29, 0.717) is 31.9 Å². The normalized spacial score (nSPS) is 11.6. The van der Waals surface area contributed by atoms with Crippen LogP contribution in [-0.2, 0) is 0 Å². The standard InChI is InChI=1S/C20H16N4OS2/c21-13-9-15(26)12-8-16(27)19(20(25)17(12)18(13)22)24-23-14-7-3-5-10-4-1-2-6-11(10)14/h1-9,25-27H,21-22H2. The van der Waals surface area contributed by atoms with Gasteiger partial charge in [-0.25, -0.2) is 0 Å². The summed E-state index contributed by atoms with van der Waals surface area (Å²) in [6.45, 7) is 0. The predicted octanol–water partition coefficient (Wildman–Crippen LogP) is 5.86. The maximum absolute atomic E-state index is 10.8. The molecule has 5 nitrogen and oxygen atoms in total. The van der Waals surface area contributed by atoms with Crippen LogP contribution in [0.1, 0.15) is 0 Å². The smallest absolute Gasteiger partial charge is 0.154 e. The number of rotatable bonds is 2. The number of anilines is 2. The van der Waals surface area contributed by atoms with Gasteiger partial charge in [0.25, 0.3) is 0 Å². The van der Waals surface area contributed by atoms with Crippen LogP contribution in [0.25, 0.3) is 21.5 Å². The van der Waals surface area contributed by atoms with Crippen LogP contribution in [0.4, 0.5) is 22.7 Å². The number of nitrogens with two attached hydrogens (primary N) is 2. The Morgan fingerprint density at radius 1 is 0.815 bits per heavy atom. The Hall–Kier alpha value is -2.90. The summed E-state index contributed by atoms with van der Waals surface area (Å²) in [5.41, 5.74) is 13.5. The van der Waals surface area contributed by atoms with Crippen molar-refractivity contribution in [3.05, 3.63) is 54.6 Å². The second kappa shape index (κ2) is 6.68. The van der Waals surface area contributed by atoms with Gasteiger partial charge in [-0.1, -0.05) is 36.4 Å². The van der Waals surface area contributed by atoms with E-state index >= 15 is 0 Å². The number of benzene rings is 4. The number of nitrogen functional groups attached to an aromatic ring is 2. The van der Waals surface area contributed by atoms with Crippen LogP contribution in [0.5, 0.6) is 5.75 Å². The van der Waals surface area contributed by atoms with Crippen molar-refractivity contribution in [2.24, 2.45) is 10.2 Å². The first kappa shape index (κ1) is 17.5. The summed E-state index contributed by atoms with van der Waals surface area (Å²) in [4.78, 5) is 1.06. The van der Waals surface area contributed by atoms with E-state index in [1.54, 1.807) is 12.1 Å². The number of phenolic OH excluding ortho intramolecular Hbond substituents is 1. The van der Waals surface area contributed by atoms with Crippen molar-refractivity contribution >= 4 is 69.6 Å². The molecule has 4 aromatic carbocycles. The number of nitrogens with zero attached hydrogens (tertiary/aromatic N) is 2. The van der Waals surface area contributed by atoms with Gasteiger partial charge in [0.05, 0.1) is 22.4 Å². The largest absolute Gasteiger partial charge is 0.505 e. The van der Waals surface area contributed by atoms with Gasteiger partial charge in [-0.05, 0) is 23.6 Å². The molecule has 7 heteroatoms. The van der Waals surface area contributed by atoms with E-state index in [1.807, 2.05) is 42.5 Å². The van der Waals surface area contributed by atoms with Crippen LogP contribution >= 0.6 is 25.3 Å². The van der Waals surface area contributed by atoms with Crippen LogP contribution in [-0.4, -0.2) is 5.11 Å². The molecule has 5 N–H and O–H groups in total. The molecule has 134 valence electrons. The first-order valence-electron chi connectivity index (χ1n) is 8.12. The Bertz CT molecular complexity index is 1230. The summed E-state index contributed by atoms with van der Waals surface area (Å²) < 4.78 is 0. The Labute approximate surface area is 166 Å². The molecular weight excluding hydrogens is 376 g/mol. The molecule has 0 saturated heterocycles. The van der Waals surface area contributed by atoms with Gasteiger partial charge in [-0.2, -0.15) is 0 Å². The van der Waals surface area contributed by atoms with E-state index in [9.17, 15) is 5.11 Å². The number of azo groups is 1. The van der Waals surface area contributed by atoms with Gasteiger partial charge in [-0.3, -0.25) is 0 Å². The van der Waals surface area contributed by atoms with Crippen LogP contribution < -0.4 is 11.5 Å². The van der Waals surface area contributed by atoms with E-state index in [4.69, 9.17) is 11.5 Å². The van der Waals surface area contributed by atoms with Gasteiger partial charge < -0.3 is 16.6 Å². The number of hydrogen-bond donors (Lipinski definition) is 5. The van der Waals surface area contributed by atoms with E-state index in [0.717, 1.165) is 10.8 Å². The summed E-state index contributed by atoms with van der Waals surface area (Å²) in [7, 11) is 0. The maximum atomic E-state index is 10.8. The number of hydrogen-bond acceptors (Lipinski definition) is 7. The van der Waals surface area contributed by atoms with E-state index in [1.165, 1.54) is 0 Å². The van der Waals surface area contributed by atoms with E-state index in [2.05, 4.69) is 35.5 Å². The molecule has 4 rings (SSSR count). The third kappa shape index (κ3) is 2.94. The highest BCUT2D eigenvalue weighted by Crippen LogP contribution is 2.46. The number of aromatic hydroxyl groups is 1. The van der Waals surface area contributed by atoms with Crippen molar-refractivity contribution < 1.29 is 5.11 Å². The lowest BCUT2D eigenvalue weighted by Gasteiger charge is -2.13. The highest BCUT2D eigenvalue weighted by atomic mass is 32.1. The Balaban J connectivity index is 1.92. The number of fused-ring (bicyclic) bond motifs is 2. The molecule has 0 spiro atoms. The van der Waals surface area contributed by atoms with Crippen molar-refractivity contribution in [2.75, 3.05) is 11.5 Å². The first-order valence-corrected chi connectivity index (χ1v) is 9.02. The monoisotopic (exact) mass is 392 g/mol. The number of phenols is 1. The van der Waals surface area contributed by atoms with Crippen molar-refractivity contribution in [1.82, 2.24) is 0 Å². The highest BCUT2D eigenvalue weighted by Gasteiger charge is 2.17. The molecule has 4 aromatic rings. The van der Waals surface area contributed by atoms with Crippen molar-refractivity contribution in [3.63, 3.8) is 0 Å². The molecule has 0 aliphatic carbocycles. The molecule has 0 atom stereocenters. The highest BCUT2D eigenvalue weighted by molar-refractivity contribution is 7.80. The molecule has 27 heavy (non-hydrogen) atoms. The molecule has 0 unspecified atom stereocenters. The first-order chi connectivity index (χ1) is 13.0. The van der Waals surface area contributed by atoms with E-state index < -0.39 is 0 Å². The molecule has 0 aliphatic rings. The van der Waals surface area contributed by atoms with Gasteiger partial charge in [0.2, 0.25) is 0 Å². The molecular formula is C20H16N4OS2. The maximum Gasteiger partial charge on any atom is 0.154 e. The quantitative estimate of drug-likeness (QED) is 0.168. The Morgan fingerprint density at radius 2 is 1.56 bits per heavy atom. The van der Waals surface area contributed by atoms with Crippen LogP contribution in [0, 0.1) is 0 Å². The summed E-state index contributed by atoms with van der Waals surface area (Å²) in [5.74, 6) is -0.124. The summed E-state index contributed by atoms with van der Waals surface area (Å²) in [6.07, 6.45) is 0. The van der Waals surface area contributed by atoms with Crippen LogP contribution in [0.3, 0.4) is 0 Å². The fourth-order valence-electron chi connectivity index (χ4n) is 3.06. The van der Waals surface area contributed by atoms with Gasteiger partial charge in [0, 0.05) is 20.6 Å². The van der Waals surface area contributed by atoms with Gasteiger partial charge in [0.1, 0.15) is 5.69 Å². The molecule has 0 bridgehead atoms. The minimum Gasteiger partial charge on any atom is -0.505 e. The zero-order chi connectivity index (χ0) is 19.1. The predicted molar refractivity (Wildman–Crippen MR) is 117 cm³/mol.